The van der Waals surface area contributed by atoms with Gasteiger partial charge in [-0.2, -0.15) is 0 Å². The number of carbonyl (C=O) groups is 3. The number of carbonyl (C=O) groups excluding carboxylic acids is 2. The molecule has 1 unspecified atom stereocenters. The van der Waals surface area contributed by atoms with Crippen LogP contribution in [0.25, 0.3) is 10.8 Å². The molecular formula is C14H9NO4. The zero-order chi connectivity index (χ0) is 13.6. The Hall–Kier alpha value is -2.69. The average molecular weight is 255 g/mol. The predicted molar refractivity (Wildman–Crippen MR) is 68.0 cm³/mol. The van der Waals surface area contributed by atoms with Gasteiger partial charge in [0.2, 0.25) is 5.91 Å². The Morgan fingerprint density at radius 1 is 1.11 bits per heavy atom. The van der Waals surface area contributed by atoms with Crippen LogP contribution >= 0.6 is 0 Å². The summed E-state index contributed by atoms with van der Waals surface area (Å²) in [6.45, 7) is 0. The Bertz CT molecular complexity index is 735. The van der Waals surface area contributed by atoms with Crippen molar-refractivity contribution in [3.8, 4) is 0 Å². The number of benzene rings is 2. The number of rotatable bonds is 1. The second-order valence-electron chi connectivity index (χ2n) is 4.33. The molecule has 1 amide bonds. The maximum absolute atomic E-state index is 12.1. The molecule has 0 fully saturated rings. The van der Waals surface area contributed by atoms with E-state index in [0.29, 0.717) is 5.69 Å². The van der Waals surface area contributed by atoms with Gasteiger partial charge in [0.25, 0.3) is 0 Å². The van der Waals surface area contributed by atoms with Crippen molar-refractivity contribution in [3.63, 3.8) is 0 Å². The molecule has 94 valence electrons. The van der Waals surface area contributed by atoms with Gasteiger partial charge in [0, 0.05) is 10.9 Å². The van der Waals surface area contributed by atoms with E-state index in [1.807, 2.05) is 12.1 Å². The van der Waals surface area contributed by atoms with Gasteiger partial charge in [-0.1, -0.05) is 30.3 Å². The third-order valence-corrected chi connectivity index (χ3v) is 3.21. The molecule has 1 atom stereocenters. The molecule has 0 spiro atoms. The number of hydrogen-bond donors (Lipinski definition) is 2. The highest BCUT2D eigenvalue weighted by atomic mass is 16.4. The second kappa shape index (κ2) is 3.91. The topological polar surface area (TPSA) is 83.5 Å². The number of carboxylic acid groups (broad SMARTS) is 1. The molecule has 19 heavy (non-hydrogen) atoms. The molecule has 2 aromatic carbocycles. The highest BCUT2D eigenvalue weighted by Crippen LogP contribution is 2.33. The molecule has 0 aliphatic carbocycles. The van der Waals surface area contributed by atoms with Crippen molar-refractivity contribution >= 4 is 34.1 Å². The lowest BCUT2D eigenvalue weighted by atomic mass is 9.89. The molecule has 0 bridgehead atoms. The molecular weight excluding hydrogens is 246 g/mol. The Balaban J connectivity index is 2.27. The fourth-order valence-electron chi connectivity index (χ4n) is 2.31. The molecule has 5 nitrogen and oxygen atoms in total. The third kappa shape index (κ3) is 1.59. The summed E-state index contributed by atoms with van der Waals surface area (Å²) in [7, 11) is 0. The Morgan fingerprint density at radius 3 is 2.58 bits per heavy atom. The largest absolute Gasteiger partial charge is 0.480 e. The van der Waals surface area contributed by atoms with Crippen LogP contribution in [0, 0.1) is 5.92 Å². The Morgan fingerprint density at radius 2 is 1.84 bits per heavy atom. The van der Waals surface area contributed by atoms with Crippen LogP contribution < -0.4 is 5.32 Å². The molecule has 5 heteroatoms. The maximum atomic E-state index is 12.1. The first kappa shape index (κ1) is 11.4. The monoisotopic (exact) mass is 255 g/mol. The van der Waals surface area contributed by atoms with E-state index < -0.39 is 23.6 Å². The summed E-state index contributed by atoms with van der Waals surface area (Å²) < 4.78 is 0. The number of nitrogens with one attached hydrogen (secondary N) is 1. The molecule has 1 heterocycles. The number of carboxylic acids is 1. The molecule has 1 aliphatic rings. The first-order chi connectivity index (χ1) is 9.09. The quantitative estimate of drug-likeness (QED) is 0.759. The highest BCUT2D eigenvalue weighted by Gasteiger charge is 2.40. The first-order valence-corrected chi connectivity index (χ1v) is 5.69. The van der Waals surface area contributed by atoms with Crippen molar-refractivity contribution in [1.82, 2.24) is 0 Å². The number of hydrogen-bond acceptors (Lipinski definition) is 3. The van der Waals surface area contributed by atoms with Crippen molar-refractivity contribution in [3.05, 3.63) is 42.0 Å². The predicted octanol–water partition coefficient (Wildman–Crippen LogP) is 1.68. The fraction of sp³-hybridized carbons (Fsp3) is 0.0714. The van der Waals surface area contributed by atoms with Gasteiger partial charge in [0.15, 0.2) is 11.7 Å². The molecule has 0 saturated heterocycles. The zero-order valence-corrected chi connectivity index (χ0v) is 9.71. The lowest BCUT2D eigenvalue weighted by Crippen LogP contribution is -2.40. The summed E-state index contributed by atoms with van der Waals surface area (Å²) in [5.41, 5.74) is 0.635. The van der Waals surface area contributed by atoms with E-state index >= 15 is 0 Å². The average Bonchev–Trinajstić information content (AvgIpc) is 2.38. The molecule has 2 N–H and O–H groups in total. The minimum absolute atomic E-state index is 0.241. The van der Waals surface area contributed by atoms with E-state index in [2.05, 4.69) is 5.32 Å². The van der Waals surface area contributed by atoms with E-state index in [9.17, 15) is 14.4 Å². The molecule has 3 rings (SSSR count). The molecule has 2 aromatic rings. The molecule has 0 aromatic heterocycles. The summed E-state index contributed by atoms with van der Waals surface area (Å²) in [6.07, 6.45) is 0. The van der Waals surface area contributed by atoms with Crippen molar-refractivity contribution in [1.29, 1.82) is 0 Å². The van der Waals surface area contributed by atoms with Gasteiger partial charge in [-0.05, 0) is 11.5 Å². The minimum atomic E-state index is -1.66. The van der Waals surface area contributed by atoms with Crippen LogP contribution in [-0.2, 0) is 9.59 Å². The second-order valence-corrected chi connectivity index (χ2v) is 4.33. The van der Waals surface area contributed by atoms with Gasteiger partial charge in [-0.15, -0.1) is 0 Å². The fourth-order valence-corrected chi connectivity index (χ4v) is 2.31. The number of ketones is 1. The lowest BCUT2D eigenvalue weighted by molar-refractivity contribution is -0.143. The number of Topliss-reactive ketones (excluding diaryl/α,β-unsaturated/α-hetero) is 1. The summed E-state index contributed by atoms with van der Waals surface area (Å²) in [6, 6.07) is 10.6. The SMILES string of the molecule is O=C(O)C1C(=O)Nc2c(ccc3ccccc23)C1=O. The van der Waals surface area contributed by atoms with Gasteiger partial charge in [0.1, 0.15) is 0 Å². The van der Waals surface area contributed by atoms with E-state index in [1.54, 1.807) is 24.3 Å². The van der Waals surface area contributed by atoms with E-state index in [1.165, 1.54) is 0 Å². The molecule has 1 aliphatic heterocycles. The normalized spacial score (nSPS) is 18.0. The standard InChI is InChI=1S/C14H9NO4/c16-12-9-6-5-7-3-1-2-4-8(7)11(9)15-13(17)10(12)14(18)19/h1-6,10H,(H,15,17)(H,18,19). The van der Waals surface area contributed by atoms with Crippen molar-refractivity contribution < 1.29 is 19.5 Å². The van der Waals surface area contributed by atoms with Crippen molar-refractivity contribution in [2.45, 2.75) is 0 Å². The Labute approximate surface area is 107 Å². The zero-order valence-electron chi connectivity index (χ0n) is 9.71. The summed E-state index contributed by atoms with van der Waals surface area (Å²) in [5, 5.41) is 13.1. The minimum Gasteiger partial charge on any atom is -0.480 e. The number of anilines is 1. The van der Waals surface area contributed by atoms with Crippen molar-refractivity contribution in [2.24, 2.45) is 5.92 Å². The first-order valence-electron chi connectivity index (χ1n) is 5.69. The summed E-state index contributed by atoms with van der Waals surface area (Å²) in [5.74, 6) is -4.55. The van der Waals surface area contributed by atoms with Crippen molar-refractivity contribution in [2.75, 3.05) is 5.32 Å². The number of fused-ring (bicyclic) bond motifs is 3. The van der Waals surface area contributed by atoms with Gasteiger partial charge in [-0.25, -0.2) is 0 Å². The Kier molecular flexibility index (Phi) is 2.35. The lowest BCUT2D eigenvalue weighted by Gasteiger charge is -2.22. The third-order valence-electron chi connectivity index (χ3n) is 3.21. The molecule has 0 radical (unpaired) electrons. The van der Waals surface area contributed by atoms with Gasteiger partial charge in [0.05, 0.1) is 5.69 Å². The number of aliphatic carboxylic acids is 1. The van der Waals surface area contributed by atoms with Crippen LogP contribution in [-0.4, -0.2) is 22.8 Å². The van der Waals surface area contributed by atoms with E-state index in [0.717, 1.165) is 10.8 Å². The van der Waals surface area contributed by atoms with Gasteiger partial charge < -0.3 is 10.4 Å². The number of amides is 1. The highest BCUT2D eigenvalue weighted by molar-refractivity contribution is 6.31. The molecule has 0 saturated carbocycles. The van der Waals surface area contributed by atoms with Gasteiger partial charge in [-0.3, -0.25) is 14.4 Å². The van der Waals surface area contributed by atoms with Crippen LogP contribution in [0.2, 0.25) is 0 Å². The van der Waals surface area contributed by atoms with Crippen LogP contribution in [0.5, 0.6) is 0 Å². The van der Waals surface area contributed by atoms with Crippen LogP contribution in [0.4, 0.5) is 5.69 Å². The summed E-state index contributed by atoms with van der Waals surface area (Å²) in [4.78, 5) is 34.8. The van der Waals surface area contributed by atoms with Crippen LogP contribution in [0.1, 0.15) is 10.4 Å². The van der Waals surface area contributed by atoms with Crippen LogP contribution in [0.3, 0.4) is 0 Å². The van der Waals surface area contributed by atoms with Crippen LogP contribution in [0.15, 0.2) is 36.4 Å². The summed E-state index contributed by atoms with van der Waals surface area (Å²) >= 11 is 0. The van der Waals surface area contributed by atoms with Gasteiger partial charge >= 0.3 is 5.97 Å². The smallest absolute Gasteiger partial charge is 0.324 e. The van der Waals surface area contributed by atoms with E-state index in [4.69, 9.17) is 5.11 Å². The maximum Gasteiger partial charge on any atom is 0.324 e. The van der Waals surface area contributed by atoms with E-state index in [-0.39, 0.29) is 5.56 Å².